The van der Waals surface area contributed by atoms with Crippen LogP contribution in [0.2, 0.25) is 0 Å². The predicted molar refractivity (Wildman–Crippen MR) is 93.8 cm³/mol. The van der Waals surface area contributed by atoms with Gasteiger partial charge in [-0.2, -0.15) is 0 Å². The second kappa shape index (κ2) is 7.20. The molecule has 0 radical (unpaired) electrons. The van der Waals surface area contributed by atoms with Crippen LogP contribution >= 0.6 is 47.0 Å². The van der Waals surface area contributed by atoms with Crippen LogP contribution in [0.5, 0.6) is 0 Å². The Kier molecular flexibility index (Phi) is 5.56. The minimum Gasteiger partial charge on any atom is -0.395 e. The van der Waals surface area contributed by atoms with Crippen LogP contribution in [0.25, 0.3) is 0 Å². The van der Waals surface area contributed by atoms with Crippen molar-refractivity contribution in [2.45, 2.75) is 19.7 Å². The van der Waals surface area contributed by atoms with Gasteiger partial charge in [-0.3, -0.25) is 0 Å². The lowest BCUT2D eigenvalue weighted by Gasteiger charge is -2.13. The van der Waals surface area contributed by atoms with Crippen LogP contribution in [-0.4, -0.2) is 45.4 Å². The molecule has 0 aliphatic carbocycles. The van der Waals surface area contributed by atoms with Crippen LogP contribution in [0.4, 0.5) is 0 Å². The molecule has 6 heteroatoms. The van der Waals surface area contributed by atoms with E-state index < -0.39 is 0 Å². The van der Waals surface area contributed by atoms with Crippen molar-refractivity contribution in [2.24, 2.45) is 0 Å². The maximum atomic E-state index is 9.21. The molecule has 4 atom stereocenters. The fourth-order valence-electron chi connectivity index (χ4n) is 2.25. The highest BCUT2D eigenvalue weighted by atomic mass is 32.2. The van der Waals surface area contributed by atoms with Crippen LogP contribution in [0.1, 0.15) is 20.3 Å². The van der Waals surface area contributed by atoms with Crippen LogP contribution in [-0.2, 0) is 0 Å². The highest BCUT2D eigenvalue weighted by molar-refractivity contribution is 8.20. The average Bonchev–Trinajstić information content (AvgIpc) is 3.16. The predicted octanol–water partition coefficient (Wildman–Crippen LogP) is 3.37. The molecule has 2 N–H and O–H groups in total. The first-order chi connectivity index (χ1) is 9.80. The maximum Gasteiger partial charge on any atom is 0.0755 e. The highest BCUT2D eigenvalue weighted by Gasteiger charge is 2.28. The summed E-state index contributed by atoms with van der Waals surface area (Å²) in [5.74, 6) is 2.08. The van der Waals surface area contributed by atoms with Crippen molar-refractivity contribution < 1.29 is 10.2 Å². The molecule has 1 aromatic carbocycles. The summed E-state index contributed by atoms with van der Waals surface area (Å²) in [6, 6.07) is 8.92. The van der Waals surface area contributed by atoms with Gasteiger partial charge < -0.3 is 10.2 Å². The van der Waals surface area contributed by atoms with Gasteiger partial charge in [0, 0.05) is 22.0 Å². The van der Waals surface area contributed by atoms with E-state index in [0.717, 1.165) is 11.5 Å². The SMILES string of the molecule is OCC1CSC(c2ccc(C3SCC(CO)S3)cc2)S1. The third-order valence-corrected chi connectivity index (χ3v) is 10.1. The Morgan fingerprint density at radius 2 is 1.20 bits per heavy atom. The molecule has 2 aliphatic rings. The normalized spacial score (nSPS) is 33.7. The van der Waals surface area contributed by atoms with Gasteiger partial charge in [-0.25, -0.2) is 0 Å². The summed E-state index contributed by atoms with van der Waals surface area (Å²) in [7, 11) is 0. The van der Waals surface area contributed by atoms with Crippen LogP contribution in [0.3, 0.4) is 0 Å². The summed E-state index contributed by atoms with van der Waals surface area (Å²) in [5.41, 5.74) is 2.71. The lowest BCUT2D eigenvalue weighted by molar-refractivity contribution is 0.301. The second-order valence-corrected chi connectivity index (χ2v) is 10.6. The zero-order chi connectivity index (χ0) is 13.9. The maximum absolute atomic E-state index is 9.21. The number of hydrogen-bond donors (Lipinski definition) is 2. The first kappa shape index (κ1) is 15.4. The molecule has 2 aliphatic heterocycles. The van der Waals surface area contributed by atoms with E-state index in [4.69, 9.17) is 0 Å². The van der Waals surface area contributed by atoms with Gasteiger partial charge in [-0.05, 0) is 11.1 Å². The molecule has 0 amide bonds. The number of aliphatic hydroxyl groups excluding tert-OH is 2. The zero-order valence-corrected chi connectivity index (χ0v) is 14.2. The second-order valence-electron chi connectivity index (χ2n) is 4.88. The molecule has 2 heterocycles. The summed E-state index contributed by atoms with van der Waals surface area (Å²) in [4.78, 5) is 0. The molecule has 1 aromatic rings. The van der Waals surface area contributed by atoms with E-state index in [0.29, 0.717) is 19.7 Å². The molecule has 3 rings (SSSR count). The van der Waals surface area contributed by atoms with Crippen molar-refractivity contribution in [3.8, 4) is 0 Å². The van der Waals surface area contributed by atoms with E-state index in [-0.39, 0.29) is 13.2 Å². The minimum atomic E-state index is 0.282. The molecule has 2 fully saturated rings. The first-order valence-electron chi connectivity index (χ1n) is 6.66. The summed E-state index contributed by atoms with van der Waals surface area (Å²) >= 11 is 7.61. The zero-order valence-electron chi connectivity index (χ0n) is 11.0. The Bertz CT molecular complexity index is 398. The van der Waals surface area contributed by atoms with E-state index in [1.807, 2.05) is 47.0 Å². The van der Waals surface area contributed by atoms with Crippen molar-refractivity contribution in [1.82, 2.24) is 0 Å². The topological polar surface area (TPSA) is 40.5 Å². The third-order valence-electron chi connectivity index (χ3n) is 3.39. The van der Waals surface area contributed by atoms with Crippen LogP contribution in [0.15, 0.2) is 24.3 Å². The van der Waals surface area contributed by atoms with Gasteiger partial charge in [0.1, 0.15) is 0 Å². The Morgan fingerprint density at radius 1 is 0.800 bits per heavy atom. The molecule has 110 valence electrons. The Hall–Kier alpha value is 0.540. The molecule has 0 aromatic heterocycles. The average molecular weight is 347 g/mol. The fraction of sp³-hybridized carbons (Fsp3) is 0.571. The molecular weight excluding hydrogens is 328 g/mol. The number of aliphatic hydroxyl groups is 2. The molecule has 2 saturated heterocycles. The smallest absolute Gasteiger partial charge is 0.0755 e. The summed E-state index contributed by atoms with van der Waals surface area (Å²) in [6.45, 7) is 0.564. The van der Waals surface area contributed by atoms with Gasteiger partial charge in [0.05, 0.1) is 22.4 Å². The Morgan fingerprint density at radius 3 is 1.50 bits per heavy atom. The van der Waals surface area contributed by atoms with Gasteiger partial charge in [0.15, 0.2) is 0 Å². The van der Waals surface area contributed by atoms with Gasteiger partial charge in [0.25, 0.3) is 0 Å². The van der Waals surface area contributed by atoms with E-state index >= 15 is 0 Å². The molecule has 0 saturated carbocycles. The number of benzene rings is 1. The van der Waals surface area contributed by atoms with Crippen molar-refractivity contribution in [3.05, 3.63) is 35.4 Å². The van der Waals surface area contributed by atoms with Crippen molar-refractivity contribution in [3.63, 3.8) is 0 Å². The number of thioether (sulfide) groups is 4. The molecule has 0 spiro atoms. The van der Waals surface area contributed by atoms with Gasteiger partial charge in [-0.15, -0.1) is 47.0 Å². The molecule has 20 heavy (non-hydrogen) atoms. The third kappa shape index (κ3) is 3.47. The van der Waals surface area contributed by atoms with Crippen LogP contribution in [0, 0.1) is 0 Å². The van der Waals surface area contributed by atoms with Crippen molar-refractivity contribution in [2.75, 3.05) is 24.7 Å². The van der Waals surface area contributed by atoms with Gasteiger partial charge in [-0.1, -0.05) is 24.3 Å². The lowest BCUT2D eigenvalue weighted by atomic mass is 10.2. The summed E-state index contributed by atoms with van der Waals surface area (Å²) in [6.07, 6.45) is 0. The Labute approximate surface area is 136 Å². The number of rotatable bonds is 4. The van der Waals surface area contributed by atoms with Crippen molar-refractivity contribution in [1.29, 1.82) is 0 Å². The lowest BCUT2D eigenvalue weighted by Crippen LogP contribution is -2.05. The van der Waals surface area contributed by atoms with Gasteiger partial charge >= 0.3 is 0 Å². The largest absolute Gasteiger partial charge is 0.395 e. The molecule has 2 nitrogen and oxygen atoms in total. The fourth-order valence-corrected chi connectivity index (χ4v) is 8.58. The van der Waals surface area contributed by atoms with Crippen LogP contribution < -0.4 is 0 Å². The molecular formula is C14H18O2S4. The molecule has 0 bridgehead atoms. The van der Waals surface area contributed by atoms with E-state index in [1.54, 1.807) is 0 Å². The summed E-state index contributed by atoms with van der Waals surface area (Å²) < 4.78 is 0.936. The minimum absolute atomic E-state index is 0.282. The van der Waals surface area contributed by atoms with Gasteiger partial charge in [0.2, 0.25) is 0 Å². The summed E-state index contributed by atoms with van der Waals surface area (Å²) in [5, 5.41) is 19.2. The number of hydrogen-bond acceptors (Lipinski definition) is 6. The quantitative estimate of drug-likeness (QED) is 0.871. The first-order valence-corrected chi connectivity index (χ1v) is 10.6. The monoisotopic (exact) mass is 346 g/mol. The Balaban J connectivity index is 1.63. The van der Waals surface area contributed by atoms with Crippen molar-refractivity contribution >= 4 is 47.0 Å². The molecule has 4 unspecified atom stereocenters. The van der Waals surface area contributed by atoms with E-state index in [1.165, 1.54) is 11.1 Å². The highest BCUT2D eigenvalue weighted by Crippen LogP contribution is 2.51. The van der Waals surface area contributed by atoms with E-state index in [9.17, 15) is 10.2 Å². The van der Waals surface area contributed by atoms with E-state index in [2.05, 4.69) is 24.3 Å². The standard InChI is InChI=1S/C14H18O2S4/c15-5-11-7-17-13(19-11)9-1-2-10(4-3-9)14-18-8-12(6-16)20-14/h1-4,11-16H,5-8H2.